The van der Waals surface area contributed by atoms with Gasteiger partial charge in [0.2, 0.25) is 0 Å². The summed E-state index contributed by atoms with van der Waals surface area (Å²) in [5.74, 6) is -0.270. The van der Waals surface area contributed by atoms with Crippen molar-refractivity contribution >= 4 is 23.6 Å². The molecule has 2 aromatic rings. The molecular formula is C18H20ClFN2. The van der Waals surface area contributed by atoms with E-state index in [2.05, 4.69) is 4.99 Å². The lowest BCUT2D eigenvalue weighted by Gasteiger charge is -2.12. The topological polar surface area (TPSA) is 15.6 Å². The SMILES string of the molecule is CCN(C)/C=N\c1cc(F)cc(Cc2cccc(Cl)c2)c1C. The molecule has 0 heterocycles. The Morgan fingerprint density at radius 3 is 2.73 bits per heavy atom. The van der Waals surface area contributed by atoms with E-state index in [4.69, 9.17) is 11.6 Å². The van der Waals surface area contributed by atoms with Gasteiger partial charge in [-0.3, -0.25) is 0 Å². The average molecular weight is 319 g/mol. The first kappa shape index (κ1) is 16.5. The Morgan fingerprint density at radius 1 is 1.27 bits per heavy atom. The first-order valence-corrected chi connectivity index (χ1v) is 7.65. The minimum atomic E-state index is -0.270. The quantitative estimate of drug-likeness (QED) is 0.560. The normalized spacial score (nSPS) is 11.1. The summed E-state index contributed by atoms with van der Waals surface area (Å²) in [6.45, 7) is 4.86. The highest BCUT2D eigenvalue weighted by atomic mass is 35.5. The molecule has 22 heavy (non-hydrogen) atoms. The Kier molecular flexibility index (Phi) is 5.56. The van der Waals surface area contributed by atoms with Gasteiger partial charge in [0.1, 0.15) is 5.82 Å². The number of rotatable bonds is 5. The predicted octanol–water partition coefficient (Wildman–Crippen LogP) is 4.99. The number of hydrogen-bond acceptors (Lipinski definition) is 1. The lowest BCUT2D eigenvalue weighted by atomic mass is 9.99. The van der Waals surface area contributed by atoms with Crippen LogP contribution in [0.2, 0.25) is 5.02 Å². The summed E-state index contributed by atoms with van der Waals surface area (Å²) in [5, 5.41) is 0.689. The van der Waals surface area contributed by atoms with Crippen LogP contribution in [-0.2, 0) is 6.42 Å². The monoisotopic (exact) mass is 318 g/mol. The lowest BCUT2D eigenvalue weighted by molar-refractivity contribution is 0.552. The molecule has 116 valence electrons. The van der Waals surface area contributed by atoms with Gasteiger partial charge in [-0.2, -0.15) is 0 Å². The van der Waals surface area contributed by atoms with Crippen LogP contribution in [0.25, 0.3) is 0 Å². The number of benzene rings is 2. The van der Waals surface area contributed by atoms with Gasteiger partial charge in [-0.25, -0.2) is 9.38 Å². The van der Waals surface area contributed by atoms with Gasteiger partial charge in [0.25, 0.3) is 0 Å². The smallest absolute Gasteiger partial charge is 0.125 e. The first-order chi connectivity index (χ1) is 10.5. The highest BCUT2D eigenvalue weighted by Gasteiger charge is 2.08. The van der Waals surface area contributed by atoms with Crippen molar-refractivity contribution in [3.8, 4) is 0 Å². The summed E-state index contributed by atoms with van der Waals surface area (Å²) < 4.78 is 13.9. The Balaban J connectivity index is 2.32. The molecule has 2 aromatic carbocycles. The van der Waals surface area contributed by atoms with E-state index >= 15 is 0 Å². The van der Waals surface area contributed by atoms with Crippen LogP contribution in [0, 0.1) is 12.7 Å². The van der Waals surface area contributed by atoms with Crippen molar-refractivity contribution < 1.29 is 4.39 Å². The number of halogens is 2. The molecule has 0 radical (unpaired) electrons. The van der Waals surface area contributed by atoms with Gasteiger partial charge in [0.05, 0.1) is 12.0 Å². The highest BCUT2D eigenvalue weighted by Crippen LogP contribution is 2.26. The minimum Gasteiger partial charge on any atom is -0.366 e. The van der Waals surface area contributed by atoms with Gasteiger partial charge >= 0.3 is 0 Å². The highest BCUT2D eigenvalue weighted by molar-refractivity contribution is 6.30. The second-order valence-electron chi connectivity index (χ2n) is 5.33. The van der Waals surface area contributed by atoms with Gasteiger partial charge in [-0.15, -0.1) is 0 Å². The van der Waals surface area contributed by atoms with Crippen molar-refractivity contribution in [2.24, 2.45) is 4.99 Å². The molecule has 0 aromatic heterocycles. The van der Waals surface area contributed by atoms with Crippen LogP contribution in [-0.4, -0.2) is 24.8 Å². The van der Waals surface area contributed by atoms with Crippen LogP contribution in [0.4, 0.5) is 10.1 Å². The zero-order valence-corrected chi connectivity index (χ0v) is 13.9. The molecule has 0 atom stereocenters. The summed E-state index contributed by atoms with van der Waals surface area (Å²) >= 11 is 6.01. The van der Waals surface area contributed by atoms with Gasteiger partial charge in [0.15, 0.2) is 0 Å². The standard InChI is InChI=1S/C18H20ClFN2/c1-4-22(3)12-21-18-11-17(20)10-15(13(18)2)8-14-6-5-7-16(19)9-14/h5-7,9-12H,4,8H2,1-3H3/b21-12-. The van der Waals surface area contributed by atoms with E-state index in [-0.39, 0.29) is 5.82 Å². The maximum Gasteiger partial charge on any atom is 0.125 e. The van der Waals surface area contributed by atoms with Crippen LogP contribution in [0.15, 0.2) is 41.4 Å². The summed E-state index contributed by atoms with van der Waals surface area (Å²) in [4.78, 5) is 6.34. The fourth-order valence-corrected chi connectivity index (χ4v) is 2.36. The largest absolute Gasteiger partial charge is 0.366 e. The van der Waals surface area contributed by atoms with Crippen molar-refractivity contribution in [3.05, 3.63) is 63.9 Å². The van der Waals surface area contributed by atoms with Crippen molar-refractivity contribution in [1.82, 2.24) is 4.90 Å². The second-order valence-corrected chi connectivity index (χ2v) is 5.77. The number of nitrogens with zero attached hydrogens (tertiary/aromatic N) is 2. The Hall–Kier alpha value is -1.87. The molecule has 0 saturated carbocycles. The molecule has 2 nitrogen and oxygen atoms in total. The van der Waals surface area contributed by atoms with Crippen LogP contribution in [0.1, 0.15) is 23.6 Å². The van der Waals surface area contributed by atoms with Gasteiger partial charge in [-0.1, -0.05) is 23.7 Å². The third-order valence-electron chi connectivity index (χ3n) is 3.63. The van der Waals surface area contributed by atoms with E-state index in [1.165, 1.54) is 6.07 Å². The zero-order chi connectivity index (χ0) is 16.1. The third-order valence-corrected chi connectivity index (χ3v) is 3.86. The summed E-state index contributed by atoms with van der Waals surface area (Å²) in [7, 11) is 1.94. The minimum absolute atomic E-state index is 0.270. The maximum atomic E-state index is 13.9. The molecule has 0 N–H and O–H groups in total. The Labute approximate surface area is 136 Å². The molecule has 0 fully saturated rings. The van der Waals surface area contributed by atoms with E-state index in [9.17, 15) is 4.39 Å². The summed E-state index contributed by atoms with van der Waals surface area (Å²) in [6, 6.07) is 10.7. The van der Waals surface area contributed by atoms with Crippen LogP contribution < -0.4 is 0 Å². The maximum absolute atomic E-state index is 13.9. The number of aliphatic imine (C=N–C) groups is 1. The fourth-order valence-electron chi connectivity index (χ4n) is 2.15. The zero-order valence-electron chi connectivity index (χ0n) is 13.1. The number of hydrogen-bond donors (Lipinski definition) is 0. The van der Waals surface area contributed by atoms with Crippen molar-refractivity contribution in [3.63, 3.8) is 0 Å². The van der Waals surface area contributed by atoms with E-state index in [0.717, 1.165) is 23.2 Å². The van der Waals surface area contributed by atoms with E-state index in [1.807, 2.05) is 50.1 Å². The van der Waals surface area contributed by atoms with Gasteiger partial charge in [0, 0.05) is 18.6 Å². The first-order valence-electron chi connectivity index (χ1n) is 7.27. The third kappa shape index (κ3) is 4.31. The molecule has 0 aliphatic carbocycles. The van der Waals surface area contributed by atoms with E-state index in [0.29, 0.717) is 17.1 Å². The molecule has 2 rings (SSSR count). The van der Waals surface area contributed by atoms with Crippen molar-refractivity contribution in [2.75, 3.05) is 13.6 Å². The fraction of sp³-hybridized carbons (Fsp3) is 0.278. The van der Waals surface area contributed by atoms with Crippen LogP contribution in [0.5, 0.6) is 0 Å². The predicted molar refractivity (Wildman–Crippen MR) is 91.9 cm³/mol. The van der Waals surface area contributed by atoms with E-state index < -0.39 is 0 Å². The van der Waals surface area contributed by atoms with Crippen LogP contribution in [0.3, 0.4) is 0 Å². The molecule has 0 spiro atoms. The summed E-state index contributed by atoms with van der Waals surface area (Å²) in [6.07, 6.45) is 2.36. The second kappa shape index (κ2) is 7.41. The van der Waals surface area contributed by atoms with Gasteiger partial charge < -0.3 is 4.90 Å². The molecule has 0 aliphatic heterocycles. The molecule has 4 heteroatoms. The molecular weight excluding hydrogens is 299 g/mol. The van der Waals surface area contributed by atoms with Crippen molar-refractivity contribution in [2.45, 2.75) is 20.3 Å². The van der Waals surface area contributed by atoms with Crippen LogP contribution >= 0.6 is 11.6 Å². The Morgan fingerprint density at radius 2 is 2.05 bits per heavy atom. The average Bonchev–Trinajstić information content (AvgIpc) is 2.48. The van der Waals surface area contributed by atoms with Gasteiger partial charge in [-0.05, 0) is 61.2 Å². The summed E-state index contributed by atoms with van der Waals surface area (Å²) in [5.41, 5.74) is 3.63. The molecule has 0 bridgehead atoms. The molecule has 0 saturated heterocycles. The molecule has 0 aliphatic rings. The van der Waals surface area contributed by atoms with Crippen molar-refractivity contribution in [1.29, 1.82) is 0 Å². The van der Waals surface area contributed by atoms with E-state index in [1.54, 1.807) is 12.4 Å². The Bertz CT molecular complexity index is 683. The lowest BCUT2D eigenvalue weighted by Crippen LogP contribution is -2.14. The molecule has 0 unspecified atom stereocenters. The molecule has 0 amide bonds.